The van der Waals surface area contributed by atoms with Crippen molar-refractivity contribution in [2.45, 2.75) is 53.5 Å². The van der Waals surface area contributed by atoms with Crippen molar-refractivity contribution in [1.29, 1.82) is 0 Å². The smallest absolute Gasteiger partial charge is 0.319 e. The highest BCUT2D eigenvalue weighted by Gasteiger charge is 2.39. The molecule has 1 saturated heterocycles. The number of amides is 2. The minimum Gasteiger partial charge on any atom is -0.481 e. The molecule has 1 rings (SSSR count). The Morgan fingerprint density at radius 2 is 1.70 bits per heavy atom. The van der Waals surface area contributed by atoms with E-state index in [2.05, 4.69) is 20.8 Å². The molecule has 1 unspecified atom stereocenters. The Balaban J connectivity index is 2.66. The van der Waals surface area contributed by atoms with Gasteiger partial charge in [-0.15, -0.1) is 0 Å². The Hall–Kier alpha value is -1.26. The van der Waals surface area contributed by atoms with E-state index in [0.29, 0.717) is 25.9 Å². The van der Waals surface area contributed by atoms with Gasteiger partial charge in [-0.1, -0.05) is 20.8 Å². The molecular formula is C15H28N2O3. The predicted molar refractivity (Wildman–Crippen MR) is 78.6 cm³/mol. The maximum atomic E-state index is 12.5. The minimum atomic E-state index is -0.763. The highest BCUT2D eigenvalue weighted by atomic mass is 16.4. The summed E-state index contributed by atoms with van der Waals surface area (Å²) < 4.78 is 0. The molecule has 5 nitrogen and oxygen atoms in total. The summed E-state index contributed by atoms with van der Waals surface area (Å²) in [5.74, 6) is -0.763. The molecule has 1 aliphatic rings. The summed E-state index contributed by atoms with van der Waals surface area (Å²) in [4.78, 5) is 27.2. The van der Waals surface area contributed by atoms with Crippen LogP contribution in [0.15, 0.2) is 0 Å². The quantitative estimate of drug-likeness (QED) is 0.848. The van der Waals surface area contributed by atoms with E-state index in [0.717, 1.165) is 0 Å². The first-order valence-corrected chi connectivity index (χ1v) is 7.24. The maximum absolute atomic E-state index is 12.5. The van der Waals surface area contributed by atoms with E-state index in [9.17, 15) is 14.7 Å². The summed E-state index contributed by atoms with van der Waals surface area (Å²) in [6.07, 6.45) is 1.04. The highest BCUT2D eigenvalue weighted by Crippen LogP contribution is 2.32. The van der Waals surface area contributed by atoms with Crippen LogP contribution in [-0.2, 0) is 4.79 Å². The van der Waals surface area contributed by atoms with Crippen LogP contribution in [0.2, 0.25) is 0 Å². The summed E-state index contributed by atoms with van der Waals surface area (Å²) in [7, 11) is 1.82. The fourth-order valence-electron chi connectivity index (χ4n) is 2.38. The average Bonchev–Trinajstić information content (AvgIpc) is 2.35. The van der Waals surface area contributed by atoms with Gasteiger partial charge in [-0.25, -0.2) is 4.79 Å². The van der Waals surface area contributed by atoms with Crippen molar-refractivity contribution in [2.75, 3.05) is 20.1 Å². The number of carboxylic acids is 1. The Morgan fingerprint density at radius 3 is 2.05 bits per heavy atom. The van der Waals surface area contributed by atoms with Crippen molar-refractivity contribution in [3.05, 3.63) is 0 Å². The van der Waals surface area contributed by atoms with E-state index in [1.54, 1.807) is 16.7 Å². The molecule has 20 heavy (non-hydrogen) atoms. The monoisotopic (exact) mass is 284 g/mol. The minimum absolute atomic E-state index is 0.000126. The summed E-state index contributed by atoms with van der Waals surface area (Å²) in [5.41, 5.74) is -0.666. The molecular weight excluding hydrogens is 256 g/mol. The lowest BCUT2D eigenvalue weighted by atomic mass is 9.80. The molecule has 0 saturated carbocycles. The van der Waals surface area contributed by atoms with Gasteiger partial charge in [-0.2, -0.15) is 0 Å². The molecule has 1 fully saturated rings. The molecule has 0 radical (unpaired) electrons. The van der Waals surface area contributed by atoms with Gasteiger partial charge in [0.05, 0.1) is 5.41 Å². The van der Waals surface area contributed by atoms with Crippen LogP contribution in [0.25, 0.3) is 0 Å². The Kier molecular flexibility index (Phi) is 4.72. The van der Waals surface area contributed by atoms with Gasteiger partial charge in [-0.05, 0) is 32.1 Å². The first-order chi connectivity index (χ1) is 8.99. The van der Waals surface area contributed by atoms with E-state index >= 15 is 0 Å². The summed E-state index contributed by atoms with van der Waals surface area (Å²) in [6, 6.07) is 0.127. The van der Waals surface area contributed by atoms with Gasteiger partial charge in [-0.3, -0.25) is 4.79 Å². The molecule has 0 aromatic carbocycles. The summed E-state index contributed by atoms with van der Waals surface area (Å²) in [6.45, 7) is 11.2. The van der Waals surface area contributed by atoms with Gasteiger partial charge in [0.2, 0.25) is 0 Å². The first-order valence-electron chi connectivity index (χ1n) is 7.24. The number of hydrogen-bond acceptors (Lipinski definition) is 2. The second kappa shape index (κ2) is 5.62. The zero-order valence-corrected chi connectivity index (χ0v) is 13.6. The molecule has 1 N–H and O–H groups in total. The fraction of sp³-hybridized carbons (Fsp3) is 0.867. The van der Waals surface area contributed by atoms with Crippen molar-refractivity contribution in [3.63, 3.8) is 0 Å². The largest absolute Gasteiger partial charge is 0.481 e. The van der Waals surface area contributed by atoms with Crippen LogP contribution in [0.4, 0.5) is 4.79 Å². The van der Waals surface area contributed by atoms with E-state index < -0.39 is 11.4 Å². The zero-order valence-electron chi connectivity index (χ0n) is 13.6. The normalized spacial score (nSPS) is 20.4. The molecule has 0 aromatic rings. The van der Waals surface area contributed by atoms with Crippen LogP contribution in [-0.4, -0.2) is 53.1 Å². The van der Waals surface area contributed by atoms with Crippen molar-refractivity contribution in [2.24, 2.45) is 10.8 Å². The fourth-order valence-corrected chi connectivity index (χ4v) is 2.38. The molecule has 1 aliphatic heterocycles. The van der Waals surface area contributed by atoms with Crippen molar-refractivity contribution < 1.29 is 14.7 Å². The van der Waals surface area contributed by atoms with Gasteiger partial charge < -0.3 is 14.9 Å². The number of hydrogen-bond donors (Lipinski definition) is 1. The van der Waals surface area contributed by atoms with Crippen LogP contribution in [0.3, 0.4) is 0 Å². The third-order valence-electron chi connectivity index (χ3n) is 4.79. The average molecular weight is 284 g/mol. The highest BCUT2D eigenvalue weighted by molar-refractivity contribution is 5.77. The van der Waals surface area contributed by atoms with Gasteiger partial charge in [0.1, 0.15) is 0 Å². The number of urea groups is 1. The SMILES string of the molecule is CC(N(C)C(=O)N1CCC(C)(C(=O)O)CC1)C(C)(C)C. The van der Waals surface area contributed by atoms with Gasteiger partial charge in [0.25, 0.3) is 0 Å². The van der Waals surface area contributed by atoms with E-state index in [1.165, 1.54) is 0 Å². The molecule has 0 aliphatic carbocycles. The molecule has 0 bridgehead atoms. The molecule has 5 heteroatoms. The molecule has 1 atom stereocenters. The number of nitrogens with zero attached hydrogens (tertiary/aromatic N) is 2. The number of likely N-dealkylation sites (tertiary alicyclic amines) is 1. The maximum Gasteiger partial charge on any atom is 0.319 e. The Morgan fingerprint density at radius 1 is 1.25 bits per heavy atom. The molecule has 116 valence electrons. The number of piperidine rings is 1. The topological polar surface area (TPSA) is 60.9 Å². The van der Waals surface area contributed by atoms with Gasteiger partial charge in [0, 0.05) is 26.2 Å². The van der Waals surface area contributed by atoms with Crippen molar-refractivity contribution >= 4 is 12.0 Å². The second-order valence-corrected chi connectivity index (χ2v) is 7.29. The lowest BCUT2D eigenvalue weighted by molar-refractivity contribution is -0.150. The first kappa shape index (κ1) is 16.8. The third kappa shape index (κ3) is 3.44. The summed E-state index contributed by atoms with van der Waals surface area (Å²) >= 11 is 0. The van der Waals surface area contributed by atoms with Crippen LogP contribution in [0.5, 0.6) is 0 Å². The molecule has 0 spiro atoms. The van der Waals surface area contributed by atoms with Crippen LogP contribution in [0, 0.1) is 10.8 Å². The third-order valence-corrected chi connectivity index (χ3v) is 4.79. The van der Waals surface area contributed by atoms with Crippen LogP contribution < -0.4 is 0 Å². The number of rotatable bonds is 2. The Labute approximate surface area is 121 Å². The summed E-state index contributed by atoms with van der Waals surface area (Å²) in [5, 5.41) is 9.21. The predicted octanol–water partition coefficient (Wildman–Crippen LogP) is 2.66. The van der Waals surface area contributed by atoms with Crippen LogP contribution >= 0.6 is 0 Å². The van der Waals surface area contributed by atoms with Crippen LogP contribution in [0.1, 0.15) is 47.5 Å². The lowest BCUT2D eigenvalue weighted by Gasteiger charge is -2.41. The number of carbonyl (C=O) groups is 2. The lowest BCUT2D eigenvalue weighted by Crippen LogP contribution is -2.53. The zero-order chi connectivity index (χ0) is 15.7. The molecule has 1 heterocycles. The van der Waals surface area contributed by atoms with E-state index in [-0.39, 0.29) is 17.5 Å². The van der Waals surface area contributed by atoms with Crippen molar-refractivity contribution in [3.8, 4) is 0 Å². The van der Waals surface area contributed by atoms with Crippen molar-refractivity contribution in [1.82, 2.24) is 9.80 Å². The van der Waals surface area contributed by atoms with E-state index in [1.807, 2.05) is 14.0 Å². The standard InChI is InChI=1S/C15H28N2O3/c1-11(14(2,3)4)16(6)13(20)17-9-7-15(5,8-10-17)12(18)19/h11H,7-10H2,1-6H3,(H,18,19). The molecule has 0 aromatic heterocycles. The number of carbonyl (C=O) groups excluding carboxylic acids is 1. The number of carboxylic acid groups (broad SMARTS) is 1. The number of aliphatic carboxylic acids is 1. The van der Waals surface area contributed by atoms with Gasteiger partial charge in [0.15, 0.2) is 0 Å². The van der Waals surface area contributed by atoms with E-state index in [4.69, 9.17) is 0 Å². The molecule has 2 amide bonds. The van der Waals surface area contributed by atoms with Gasteiger partial charge >= 0.3 is 12.0 Å². The second-order valence-electron chi connectivity index (χ2n) is 7.29. The Bertz CT molecular complexity index is 379.